The van der Waals surface area contributed by atoms with E-state index in [1.807, 2.05) is 0 Å². The van der Waals surface area contributed by atoms with Gasteiger partial charge in [-0.3, -0.25) is 5.43 Å². The van der Waals surface area contributed by atoms with Crippen molar-refractivity contribution in [3.8, 4) is 11.8 Å². The second-order valence-electron chi connectivity index (χ2n) is 4.29. The molecule has 0 aliphatic carbocycles. The van der Waals surface area contributed by atoms with Crippen LogP contribution in [0.4, 0.5) is 16.3 Å². The van der Waals surface area contributed by atoms with Gasteiger partial charge in [0.25, 0.3) is 0 Å². The molecule has 0 aliphatic rings. The van der Waals surface area contributed by atoms with Gasteiger partial charge >= 0.3 is 6.01 Å². The van der Waals surface area contributed by atoms with Gasteiger partial charge in [0.05, 0.1) is 0 Å². The molecule has 2 rings (SSSR count). The van der Waals surface area contributed by atoms with Gasteiger partial charge in [0, 0.05) is 14.1 Å². The second kappa shape index (κ2) is 5.66. The number of ether oxygens (including phenoxy) is 1. The monoisotopic (exact) mass is 278 g/mol. The molecule has 20 heavy (non-hydrogen) atoms. The zero-order valence-corrected chi connectivity index (χ0v) is 11.4. The van der Waals surface area contributed by atoms with Crippen molar-refractivity contribution in [3.05, 3.63) is 29.6 Å². The standard InChI is InChI=1S/C12H15FN6O/c1-7-6-8(4-5-9(7)13)20-12-16-10(18-14)15-11(17-12)19(2)3/h4-6H,14H2,1-3H3,(H,15,16,17,18). The minimum Gasteiger partial charge on any atom is -0.424 e. The average molecular weight is 278 g/mol. The number of aromatic nitrogens is 3. The van der Waals surface area contributed by atoms with Crippen molar-refractivity contribution in [1.82, 2.24) is 15.0 Å². The molecule has 0 radical (unpaired) electrons. The Hall–Kier alpha value is -2.48. The average Bonchev–Trinajstić information content (AvgIpc) is 2.42. The molecule has 1 aromatic carbocycles. The maximum absolute atomic E-state index is 13.2. The first-order valence-electron chi connectivity index (χ1n) is 5.83. The van der Waals surface area contributed by atoms with Gasteiger partial charge in [-0.15, -0.1) is 0 Å². The van der Waals surface area contributed by atoms with E-state index in [1.165, 1.54) is 12.1 Å². The van der Waals surface area contributed by atoms with E-state index in [1.54, 1.807) is 32.0 Å². The van der Waals surface area contributed by atoms with Crippen molar-refractivity contribution in [3.63, 3.8) is 0 Å². The fraction of sp³-hybridized carbons (Fsp3) is 0.250. The second-order valence-corrected chi connectivity index (χ2v) is 4.29. The number of nitrogens with zero attached hydrogens (tertiary/aromatic N) is 4. The van der Waals surface area contributed by atoms with E-state index >= 15 is 0 Å². The molecule has 0 unspecified atom stereocenters. The highest BCUT2D eigenvalue weighted by molar-refractivity contribution is 5.38. The topological polar surface area (TPSA) is 89.2 Å². The SMILES string of the molecule is Cc1cc(Oc2nc(NN)nc(N(C)C)n2)ccc1F. The largest absolute Gasteiger partial charge is 0.424 e. The lowest BCUT2D eigenvalue weighted by atomic mass is 10.2. The number of rotatable bonds is 4. The number of nitrogen functional groups attached to an aromatic ring is 1. The van der Waals surface area contributed by atoms with Crippen molar-refractivity contribution in [1.29, 1.82) is 0 Å². The van der Waals surface area contributed by atoms with Crippen LogP contribution in [0.15, 0.2) is 18.2 Å². The number of anilines is 2. The van der Waals surface area contributed by atoms with Crippen LogP contribution in [0, 0.1) is 12.7 Å². The summed E-state index contributed by atoms with van der Waals surface area (Å²) in [7, 11) is 3.56. The molecular formula is C12H15FN6O. The number of nitrogens with two attached hydrogens (primary N) is 1. The van der Waals surface area contributed by atoms with Gasteiger partial charge in [-0.2, -0.15) is 15.0 Å². The third kappa shape index (κ3) is 3.09. The van der Waals surface area contributed by atoms with Crippen LogP contribution < -0.4 is 20.9 Å². The van der Waals surface area contributed by atoms with Gasteiger partial charge in [-0.1, -0.05) is 0 Å². The van der Waals surface area contributed by atoms with E-state index in [4.69, 9.17) is 10.6 Å². The number of hydrogen-bond donors (Lipinski definition) is 2. The van der Waals surface area contributed by atoms with Gasteiger partial charge in [0.1, 0.15) is 11.6 Å². The highest BCUT2D eigenvalue weighted by Gasteiger charge is 2.10. The first kappa shape index (κ1) is 13.9. The van der Waals surface area contributed by atoms with Gasteiger partial charge in [0.15, 0.2) is 0 Å². The lowest BCUT2D eigenvalue weighted by molar-refractivity contribution is 0.438. The summed E-state index contributed by atoms with van der Waals surface area (Å²) in [5.74, 6) is 6.00. The van der Waals surface area contributed by atoms with E-state index in [0.717, 1.165) is 0 Å². The highest BCUT2D eigenvalue weighted by Crippen LogP contribution is 2.22. The number of hydrazine groups is 1. The number of benzene rings is 1. The molecule has 1 aromatic heterocycles. The maximum Gasteiger partial charge on any atom is 0.328 e. The lowest BCUT2D eigenvalue weighted by Crippen LogP contribution is -2.17. The fourth-order valence-electron chi connectivity index (χ4n) is 1.44. The maximum atomic E-state index is 13.2. The number of halogens is 1. The normalized spacial score (nSPS) is 10.2. The van der Waals surface area contributed by atoms with Crippen molar-refractivity contribution in [2.75, 3.05) is 24.4 Å². The van der Waals surface area contributed by atoms with Gasteiger partial charge in [0.2, 0.25) is 11.9 Å². The van der Waals surface area contributed by atoms with Crippen LogP contribution >= 0.6 is 0 Å². The summed E-state index contributed by atoms with van der Waals surface area (Å²) < 4.78 is 18.7. The van der Waals surface area contributed by atoms with E-state index in [-0.39, 0.29) is 17.8 Å². The Morgan fingerprint density at radius 3 is 2.60 bits per heavy atom. The van der Waals surface area contributed by atoms with Crippen LogP contribution in [0.1, 0.15) is 5.56 Å². The molecule has 0 saturated heterocycles. The lowest BCUT2D eigenvalue weighted by Gasteiger charge is -2.12. The minimum atomic E-state index is -0.300. The molecule has 0 bridgehead atoms. The number of nitrogens with one attached hydrogen (secondary N) is 1. The van der Waals surface area contributed by atoms with Gasteiger partial charge < -0.3 is 9.64 Å². The van der Waals surface area contributed by atoms with Crippen LogP contribution in [-0.2, 0) is 0 Å². The smallest absolute Gasteiger partial charge is 0.328 e. The summed E-state index contributed by atoms with van der Waals surface area (Å²) >= 11 is 0. The fourth-order valence-corrected chi connectivity index (χ4v) is 1.44. The Labute approximate surface area is 115 Å². The summed E-state index contributed by atoms with van der Waals surface area (Å²) in [5.41, 5.74) is 2.81. The molecule has 0 spiro atoms. The first-order chi connectivity index (χ1) is 9.49. The summed E-state index contributed by atoms with van der Waals surface area (Å²) in [6.07, 6.45) is 0. The van der Waals surface area contributed by atoms with E-state index in [0.29, 0.717) is 17.3 Å². The van der Waals surface area contributed by atoms with E-state index in [9.17, 15) is 4.39 Å². The van der Waals surface area contributed by atoms with Crippen LogP contribution in [0.2, 0.25) is 0 Å². The Morgan fingerprint density at radius 2 is 2.00 bits per heavy atom. The molecule has 0 amide bonds. The van der Waals surface area contributed by atoms with Crippen LogP contribution in [0.3, 0.4) is 0 Å². The van der Waals surface area contributed by atoms with Crippen molar-refractivity contribution >= 4 is 11.9 Å². The molecule has 7 nitrogen and oxygen atoms in total. The van der Waals surface area contributed by atoms with Crippen molar-refractivity contribution in [2.45, 2.75) is 6.92 Å². The Kier molecular flexibility index (Phi) is 3.94. The molecular weight excluding hydrogens is 263 g/mol. The van der Waals surface area contributed by atoms with E-state index in [2.05, 4.69) is 20.4 Å². The molecule has 0 saturated carbocycles. The highest BCUT2D eigenvalue weighted by atomic mass is 19.1. The minimum absolute atomic E-state index is 0.0719. The zero-order chi connectivity index (χ0) is 14.7. The van der Waals surface area contributed by atoms with Crippen LogP contribution in [0.25, 0.3) is 0 Å². The molecule has 106 valence electrons. The summed E-state index contributed by atoms with van der Waals surface area (Å²) in [6, 6.07) is 4.45. The first-order valence-corrected chi connectivity index (χ1v) is 5.83. The van der Waals surface area contributed by atoms with Gasteiger partial charge in [-0.25, -0.2) is 10.2 Å². The van der Waals surface area contributed by atoms with E-state index < -0.39 is 0 Å². The van der Waals surface area contributed by atoms with Crippen molar-refractivity contribution < 1.29 is 9.13 Å². The molecule has 0 atom stereocenters. The predicted molar refractivity (Wildman–Crippen MR) is 73.2 cm³/mol. The Morgan fingerprint density at radius 1 is 1.25 bits per heavy atom. The third-order valence-electron chi connectivity index (χ3n) is 2.47. The summed E-state index contributed by atoms with van der Waals surface area (Å²) in [5, 5.41) is 0. The number of aryl methyl sites for hydroxylation is 1. The zero-order valence-electron chi connectivity index (χ0n) is 11.4. The molecule has 1 heterocycles. The Balaban J connectivity index is 2.32. The van der Waals surface area contributed by atoms with Crippen LogP contribution in [-0.4, -0.2) is 29.0 Å². The third-order valence-corrected chi connectivity index (χ3v) is 2.47. The molecule has 0 fully saturated rings. The van der Waals surface area contributed by atoms with Gasteiger partial charge in [-0.05, 0) is 30.7 Å². The molecule has 3 N–H and O–H groups in total. The number of hydrogen-bond acceptors (Lipinski definition) is 7. The summed E-state index contributed by atoms with van der Waals surface area (Å²) in [4.78, 5) is 13.8. The molecule has 2 aromatic rings. The molecule has 8 heteroatoms. The Bertz CT molecular complexity index is 619. The molecule has 0 aliphatic heterocycles. The summed E-state index contributed by atoms with van der Waals surface area (Å²) in [6.45, 7) is 1.65. The van der Waals surface area contributed by atoms with Crippen LogP contribution in [0.5, 0.6) is 11.8 Å². The predicted octanol–water partition coefficient (Wildman–Crippen LogP) is 1.46. The quantitative estimate of drug-likeness (QED) is 0.646. The van der Waals surface area contributed by atoms with Crippen molar-refractivity contribution in [2.24, 2.45) is 5.84 Å².